The highest BCUT2D eigenvalue weighted by Crippen LogP contribution is 2.23. The lowest BCUT2D eigenvalue weighted by Gasteiger charge is -2.06. The highest BCUT2D eigenvalue weighted by molar-refractivity contribution is 5.42. The van der Waals surface area contributed by atoms with Crippen molar-refractivity contribution in [3.8, 4) is 17.4 Å². The number of aromatic nitrogens is 1. The third kappa shape index (κ3) is 2.42. The molecule has 16 heavy (non-hydrogen) atoms. The molecule has 0 saturated heterocycles. The number of rotatable bonds is 3. The largest absolute Gasteiger partial charge is 0.497 e. The average molecular weight is 216 g/mol. The first-order valence-electron chi connectivity index (χ1n) is 4.81. The first kappa shape index (κ1) is 10.3. The van der Waals surface area contributed by atoms with E-state index >= 15 is 0 Å². The predicted octanol–water partition coefficient (Wildman–Crippen LogP) is 2.46. The summed E-state index contributed by atoms with van der Waals surface area (Å²) < 4.78 is 10.6. The third-order valence-electron chi connectivity index (χ3n) is 2.04. The summed E-state index contributed by atoms with van der Waals surface area (Å²) in [5.41, 5.74) is 6.27. The molecule has 4 heteroatoms. The third-order valence-corrected chi connectivity index (χ3v) is 2.04. The van der Waals surface area contributed by atoms with Gasteiger partial charge in [0.15, 0.2) is 0 Å². The van der Waals surface area contributed by atoms with Gasteiger partial charge in [-0.2, -0.15) is 0 Å². The fourth-order valence-corrected chi connectivity index (χ4v) is 1.23. The molecule has 0 aliphatic rings. The molecule has 82 valence electrons. The molecule has 0 amide bonds. The van der Waals surface area contributed by atoms with E-state index in [1.807, 2.05) is 0 Å². The quantitative estimate of drug-likeness (QED) is 0.801. The molecule has 0 spiro atoms. The van der Waals surface area contributed by atoms with E-state index in [9.17, 15) is 0 Å². The van der Waals surface area contributed by atoms with E-state index < -0.39 is 0 Å². The molecule has 0 unspecified atom stereocenters. The highest BCUT2D eigenvalue weighted by Gasteiger charge is 2.00. The number of methoxy groups -OCH3 is 1. The Labute approximate surface area is 93.6 Å². The van der Waals surface area contributed by atoms with Crippen molar-refractivity contribution in [1.29, 1.82) is 0 Å². The molecule has 2 rings (SSSR count). The van der Waals surface area contributed by atoms with Crippen molar-refractivity contribution in [2.45, 2.75) is 0 Å². The van der Waals surface area contributed by atoms with Crippen molar-refractivity contribution in [3.63, 3.8) is 0 Å². The number of anilines is 1. The predicted molar refractivity (Wildman–Crippen MR) is 61.7 cm³/mol. The van der Waals surface area contributed by atoms with E-state index in [1.54, 1.807) is 49.7 Å². The lowest BCUT2D eigenvalue weighted by Crippen LogP contribution is -1.90. The van der Waals surface area contributed by atoms with Gasteiger partial charge in [0.05, 0.1) is 7.11 Å². The van der Waals surface area contributed by atoms with Gasteiger partial charge in [0.25, 0.3) is 0 Å². The second-order valence-electron chi connectivity index (χ2n) is 3.21. The molecule has 0 bridgehead atoms. The molecule has 2 N–H and O–H groups in total. The number of pyridine rings is 1. The smallest absolute Gasteiger partial charge is 0.222 e. The lowest BCUT2D eigenvalue weighted by atomic mass is 10.3. The van der Waals surface area contributed by atoms with Gasteiger partial charge in [0.2, 0.25) is 5.88 Å². The lowest BCUT2D eigenvalue weighted by molar-refractivity contribution is 0.405. The normalized spacial score (nSPS) is 9.81. The zero-order valence-corrected chi connectivity index (χ0v) is 8.88. The van der Waals surface area contributed by atoms with E-state index in [4.69, 9.17) is 15.2 Å². The summed E-state index contributed by atoms with van der Waals surface area (Å²) in [5, 5.41) is 0. The number of nitrogen functional groups attached to an aromatic ring is 1. The fourth-order valence-electron chi connectivity index (χ4n) is 1.23. The number of ether oxygens (including phenoxy) is 2. The number of nitrogens with two attached hydrogens (primary N) is 1. The molecule has 1 heterocycles. The maximum atomic E-state index is 5.57. The standard InChI is InChI=1S/C12H12N2O2/c1-15-11-6-7-14-12(8-11)16-10-4-2-9(13)3-5-10/h2-8H,13H2,1H3. The molecule has 0 aliphatic heterocycles. The van der Waals surface area contributed by atoms with E-state index in [0.717, 1.165) is 0 Å². The van der Waals surface area contributed by atoms with Crippen LogP contribution in [0.15, 0.2) is 42.6 Å². The van der Waals surface area contributed by atoms with Gasteiger partial charge in [-0.3, -0.25) is 0 Å². The van der Waals surface area contributed by atoms with Crippen LogP contribution >= 0.6 is 0 Å². The summed E-state index contributed by atoms with van der Waals surface area (Å²) >= 11 is 0. The summed E-state index contributed by atoms with van der Waals surface area (Å²) in [6.45, 7) is 0. The zero-order valence-electron chi connectivity index (χ0n) is 8.88. The molecular weight excluding hydrogens is 204 g/mol. The molecule has 0 fully saturated rings. The highest BCUT2D eigenvalue weighted by atomic mass is 16.5. The van der Waals surface area contributed by atoms with Crippen LogP contribution in [-0.4, -0.2) is 12.1 Å². The van der Waals surface area contributed by atoms with Gasteiger partial charge in [-0.15, -0.1) is 0 Å². The molecule has 1 aromatic heterocycles. The van der Waals surface area contributed by atoms with Gasteiger partial charge in [-0.05, 0) is 30.3 Å². The molecule has 0 atom stereocenters. The summed E-state index contributed by atoms with van der Waals surface area (Å²) in [7, 11) is 1.60. The molecule has 1 aromatic carbocycles. The zero-order chi connectivity index (χ0) is 11.4. The Kier molecular flexibility index (Phi) is 2.91. The van der Waals surface area contributed by atoms with Gasteiger partial charge >= 0.3 is 0 Å². The van der Waals surface area contributed by atoms with Gasteiger partial charge in [-0.25, -0.2) is 4.98 Å². The van der Waals surface area contributed by atoms with E-state index in [-0.39, 0.29) is 0 Å². The average Bonchev–Trinajstić information content (AvgIpc) is 2.32. The minimum atomic E-state index is 0.490. The molecule has 0 saturated carbocycles. The van der Waals surface area contributed by atoms with E-state index in [0.29, 0.717) is 23.1 Å². The van der Waals surface area contributed by atoms with Crippen molar-refractivity contribution in [3.05, 3.63) is 42.6 Å². The van der Waals surface area contributed by atoms with Crippen LogP contribution in [0.4, 0.5) is 5.69 Å². The maximum absolute atomic E-state index is 5.57. The van der Waals surface area contributed by atoms with Crippen molar-refractivity contribution in [2.24, 2.45) is 0 Å². The second-order valence-corrected chi connectivity index (χ2v) is 3.21. The van der Waals surface area contributed by atoms with Gasteiger partial charge in [0, 0.05) is 18.0 Å². The van der Waals surface area contributed by atoms with Crippen LogP contribution in [0.3, 0.4) is 0 Å². The van der Waals surface area contributed by atoms with E-state index in [1.165, 1.54) is 0 Å². The Hall–Kier alpha value is -2.23. The fraction of sp³-hybridized carbons (Fsp3) is 0.0833. The monoisotopic (exact) mass is 216 g/mol. The second kappa shape index (κ2) is 4.53. The van der Waals surface area contributed by atoms with Gasteiger partial charge in [0.1, 0.15) is 11.5 Å². The summed E-state index contributed by atoms with van der Waals surface area (Å²) in [4.78, 5) is 4.07. The van der Waals surface area contributed by atoms with Crippen LogP contribution in [-0.2, 0) is 0 Å². The minimum Gasteiger partial charge on any atom is -0.497 e. The van der Waals surface area contributed by atoms with Crippen molar-refractivity contribution in [2.75, 3.05) is 12.8 Å². The summed E-state index contributed by atoms with van der Waals surface area (Å²) in [5.74, 6) is 1.89. The maximum Gasteiger partial charge on any atom is 0.222 e. The van der Waals surface area contributed by atoms with Crippen molar-refractivity contribution < 1.29 is 9.47 Å². The Morgan fingerprint density at radius 3 is 2.50 bits per heavy atom. The number of nitrogens with zero attached hydrogens (tertiary/aromatic N) is 1. The Morgan fingerprint density at radius 2 is 1.81 bits per heavy atom. The van der Waals surface area contributed by atoms with Gasteiger partial charge in [-0.1, -0.05) is 0 Å². The SMILES string of the molecule is COc1ccnc(Oc2ccc(N)cc2)c1. The topological polar surface area (TPSA) is 57.4 Å². The van der Waals surface area contributed by atoms with Crippen LogP contribution in [0, 0.1) is 0 Å². The Morgan fingerprint density at radius 1 is 1.06 bits per heavy atom. The molecule has 0 radical (unpaired) electrons. The Balaban J connectivity index is 2.16. The van der Waals surface area contributed by atoms with Gasteiger partial charge < -0.3 is 15.2 Å². The van der Waals surface area contributed by atoms with Crippen LogP contribution in [0.1, 0.15) is 0 Å². The number of benzene rings is 1. The first-order chi connectivity index (χ1) is 7.78. The molecule has 4 nitrogen and oxygen atoms in total. The van der Waals surface area contributed by atoms with Crippen molar-refractivity contribution in [1.82, 2.24) is 4.98 Å². The number of hydrogen-bond acceptors (Lipinski definition) is 4. The molecule has 2 aromatic rings. The van der Waals surface area contributed by atoms with Crippen LogP contribution in [0.25, 0.3) is 0 Å². The number of hydrogen-bond donors (Lipinski definition) is 1. The summed E-state index contributed by atoms with van der Waals surface area (Å²) in [6, 6.07) is 10.6. The van der Waals surface area contributed by atoms with Crippen LogP contribution in [0.5, 0.6) is 17.4 Å². The molecular formula is C12H12N2O2. The van der Waals surface area contributed by atoms with Crippen LogP contribution in [0.2, 0.25) is 0 Å². The minimum absolute atomic E-state index is 0.490. The van der Waals surface area contributed by atoms with E-state index in [2.05, 4.69) is 4.98 Å². The van der Waals surface area contributed by atoms with Crippen molar-refractivity contribution >= 4 is 5.69 Å². The molecule has 0 aliphatic carbocycles. The first-order valence-corrected chi connectivity index (χ1v) is 4.81. The Bertz CT molecular complexity index is 469. The van der Waals surface area contributed by atoms with Crippen LogP contribution < -0.4 is 15.2 Å². The summed E-state index contributed by atoms with van der Waals surface area (Å²) in [6.07, 6.45) is 1.63.